The second-order valence-corrected chi connectivity index (χ2v) is 8.01. The molecule has 3 aromatic rings. The van der Waals surface area contributed by atoms with E-state index in [-0.39, 0.29) is 23.0 Å². The predicted molar refractivity (Wildman–Crippen MR) is 119 cm³/mol. The summed E-state index contributed by atoms with van der Waals surface area (Å²) in [6.07, 6.45) is 2.21. The Morgan fingerprint density at radius 2 is 1.91 bits per heavy atom. The largest absolute Gasteiger partial charge is 0.493 e. The molecule has 2 aromatic heterocycles. The van der Waals surface area contributed by atoms with Crippen LogP contribution in [0.15, 0.2) is 35.3 Å². The van der Waals surface area contributed by atoms with Gasteiger partial charge in [0.2, 0.25) is 5.88 Å². The molecule has 8 nitrogen and oxygen atoms in total. The Hall–Kier alpha value is -3.62. The zero-order valence-electron chi connectivity index (χ0n) is 18.4. The summed E-state index contributed by atoms with van der Waals surface area (Å²) in [7, 11) is 0. The fourth-order valence-electron chi connectivity index (χ4n) is 4.20. The number of nitrogens with one attached hydrogen (secondary N) is 1. The fourth-order valence-corrected chi connectivity index (χ4v) is 4.20. The number of hydrogen-bond acceptors (Lipinski definition) is 5. The van der Waals surface area contributed by atoms with Crippen molar-refractivity contribution < 1.29 is 14.3 Å². The SMILES string of the molecule is CCc1c(O)[nH]c(=O)n1-c1ccc(C(=O)N2CCN(c3ncc(C)cc3C)CC2)c(F)c1. The average Bonchev–Trinajstić information content (AvgIpc) is 3.06. The first-order valence-electron chi connectivity index (χ1n) is 10.6. The highest BCUT2D eigenvalue weighted by Gasteiger charge is 2.26. The first-order chi connectivity index (χ1) is 15.3. The number of hydrogen-bond donors (Lipinski definition) is 2. The summed E-state index contributed by atoms with van der Waals surface area (Å²) >= 11 is 0. The zero-order chi connectivity index (χ0) is 23.0. The van der Waals surface area contributed by atoms with E-state index >= 15 is 0 Å². The number of carbonyl (C=O) groups is 1. The number of anilines is 1. The van der Waals surface area contributed by atoms with Crippen LogP contribution in [0, 0.1) is 19.7 Å². The van der Waals surface area contributed by atoms with E-state index in [1.807, 2.05) is 20.0 Å². The van der Waals surface area contributed by atoms with Gasteiger partial charge in [0.05, 0.1) is 16.9 Å². The van der Waals surface area contributed by atoms with Crippen molar-refractivity contribution in [1.29, 1.82) is 0 Å². The first kappa shape index (κ1) is 21.6. The van der Waals surface area contributed by atoms with Crippen molar-refractivity contribution in [1.82, 2.24) is 19.4 Å². The van der Waals surface area contributed by atoms with Gasteiger partial charge in [-0.05, 0) is 49.6 Å². The molecule has 0 unspecified atom stereocenters. The molecule has 1 aromatic carbocycles. The minimum atomic E-state index is -0.708. The van der Waals surface area contributed by atoms with Crippen LogP contribution in [0.4, 0.5) is 10.2 Å². The van der Waals surface area contributed by atoms with Gasteiger partial charge in [-0.1, -0.05) is 13.0 Å². The van der Waals surface area contributed by atoms with Crippen molar-refractivity contribution in [2.45, 2.75) is 27.2 Å². The van der Waals surface area contributed by atoms with Crippen molar-refractivity contribution in [3.8, 4) is 11.6 Å². The van der Waals surface area contributed by atoms with Crippen LogP contribution in [0.5, 0.6) is 5.88 Å². The van der Waals surface area contributed by atoms with Crippen molar-refractivity contribution in [3.05, 3.63) is 69.1 Å². The summed E-state index contributed by atoms with van der Waals surface area (Å²) < 4.78 is 16.1. The Labute approximate surface area is 184 Å². The van der Waals surface area contributed by atoms with Crippen molar-refractivity contribution >= 4 is 11.7 Å². The maximum atomic E-state index is 14.9. The van der Waals surface area contributed by atoms with E-state index in [4.69, 9.17) is 0 Å². The molecule has 0 radical (unpaired) electrons. The Kier molecular flexibility index (Phi) is 5.73. The lowest BCUT2D eigenvalue weighted by molar-refractivity contribution is 0.0742. The second kappa shape index (κ2) is 8.49. The van der Waals surface area contributed by atoms with Crippen molar-refractivity contribution in [2.75, 3.05) is 31.1 Å². The molecule has 3 heterocycles. The van der Waals surface area contributed by atoms with Crippen LogP contribution >= 0.6 is 0 Å². The molecule has 9 heteroatoms. The zero-order valence-corrected chi connectivity index (χ0v) is 18.4. The molecule has 0 saturated carbocycles. The minimum Gasteiger partial charge on any atom is -0.493 e. The Balaban J connectivity index is 1.51. The second-order valence-electron chi connectivity index (χ2n) is 8.01. The summed E-state index contributed by atoms with van der Waals surface area (Å²) in [5, 5.41) is 9.85. The number of aromatic amines is 1. The molecule has 32 heavy (non-hydrogen) atoms. The molecule has 1 saturated heterocycles. The number of halogens is 1. The van der Waals surface area contributed by atoms with Gasteiger partial charge in [0.1, 0.15) is 11.6 Å². The van der Waals surface area contributed by atoms with Crippen LogP contribution in [-0.2, 0) is 6.42 Å². The van der Waals surface area contributed by atoms with Crippen molar-refractivity contribution in [3.63, 3.8) is 0 Å². The molecule has 0 aliphatic carbocycles. The van der Waals surface area contributed by atoms with Gasteiger partial charge in [-0.25, -0.2) is 14.2 Å². The van der Waals surface area contributed by atoms with Gasteiger partial charge in [-0.3, -0.25) is 14.3 Å². The molecule has 0 spiro atoms. The third-order valence-electron chi connectivity index (χ3n) is 5.80. The Bertz CT molecular complexity index is 1220. The van der Waals surface area contributed by atoms with Gasteiger partial charge in [0.25, 0.3) is 5.91 Å². The summed E-state index contributed by atoms with van der Waals surface area (Å²) in [4.78, 5) is 35.7. The Morgan fingerprint density at radius 1 is 1.19 bits per heavy atom. The van der Waals surface area contributed by atoms with E-state index in [9.17, 15) is 19.1 Å². The normalized spacial score (nSPS) is 14.1. The third-order valence-corrected chi connectivity index (χ3v) is 5.80. The maximum absolute atomic E-state index is 14.9. The molecule has 2 N–H and O–H groups in total. The van der Waals surface area contributed by atoms with E-state index in [1.54, 1.807) is 11.8 Å². The molecule has 1 fully saturated rings. The number of piperazine rings is 1. The van der Waals surface area contributed by atoms with Crippen LogP contribution in [-0.4, -0.2) is 56.6 Å². The average molecular weight is 439 g/mol. The number of aromatic nitrogens is 3. The van der Waals surface area contributed by atoms with Crippen LogP contribution in [0.3, 0.4) is 0 Å². The molecule has 168 valence electrons. The third kappa shape index (κ3) is 3.86. The molecule has 1 aliphatic rings. The van der Waals surface area contributed by atoms with E-state index in [2.05, 4.69) is 20.9 Å². The Morgan fingerprint density at radius 3 is 2.53 bits per heavy atom. The number of rotatable bonds is 4. The number of amides is 1. The van der Waals surface area contributed by atoms with Gasteiger partial charge in [-0.15, -0.1) is 0 Å². The number of benzene rings is 1. The van der Waals surface area contributed by atoms with Gasteiger partial charge in [0, 0.05) is 32.4 Å². The lowest BCUT2D eigenvalue weighted by Gasteiger charge is -2.36. The highest BCUT2D eigenvalue weighted by atomic mass is 19.1. The van der Waals surface area contributed by atoms with E-state index < -0.39 is 11.5 Å². The number of imidazole rings is 1. The standard InChI is InChI=1S/C23H26FN5O3/c1-4-19-21(30)26-23(32)29(19)16-5-6-17(18(24)12-16)22(31)28-9-7-27(8-10-28)20-15(3)11-14(2)13-25-20/h5-6,11-13,30H,4,7-10H2,1-3H3,(H,26,32). The smallest absolute Gasteiger partial charge is 0.333 e. The topological polar surface area (TPSA) is 94.5 Å². The summed E-state index contributed by atoms with van der Waals surface area (Å²) in [6.45, 7) is 7.93. The van der Waals surface area contributed by atoms with Gasteiger partial charge in [-0.2, -0.15) is 0 Å². The number of pyridine rings is 1. The number of H-pyrrole nitrogens is 1. The molecule has 4 rings (SSSR count). The first-order valence-corrected chi connectivity index (χ1v) is 10.6. The quantitative estimate of drug-likeness (QED) is 0.652. The number of aryl methyl sites for hydroxylation is 2. The molecular weight excluding hydrogens is 413 g/mol. The van der Waals surface area contributed by atoms with E-state index in [0.717, 1.165) is 23.0 Å². The number of nitrogens with zero attached hydrogens (tertiary/aromatic N) is 4. The van der Waals surface area contributed by atoms with E-state index in [0.29, 0.717) is 38.3 Å². The van der Waals surface area contributed by atoms with Gasteiger partial charge >= 0.3 is 5.69 Å². The van der Waals surface area contributed by atoms with Crippen LogP contribution in [0.1, 0.15) is 34.1 Å². The van der Waals surface area contributed by atoms with Gasteiger partial charge in [0.15, 0.2) is 0 Å². The summed E-state index contributed by atoms with van der Waals surface area (Å²) in [6, 6.07) is 6.13. The van der Waals surface area contributed by atoms with Crippen LogP contribution in [0.25, 0.3) is 5.69 Å². The lowest BCUT2D eigenvalue weighted by atomic mass is 10.1. The predicted octanol–water partition coefficient (Wildman–Crippen LogP) is 2.55. The number of carbonyl (C=O) groups excluding carboxylic acids is 1. The van der Waals surface area contributed by atoms with Gasteiger partial charge < -0.3 is 14.9 Å². The molecule has 0 atom stereocenters. The lowest BCUT2D eigenvalue weighted by Crippen LogP contribution is -2.49. The summed E-state index contributed by atoms with van der Waals surface area (Å²) in [5.41, 5.74) is 2.19. The molecule has 1 amide bonds. The van der Waals surface area contributed by atoms with Crippen LogP contribution < -0.4 is 10.6 Å². The molecular formula is C23H26FN5O3. The number of aromatic hydroxyl groups is 1. The highest BCUT2D eigenvalue weighted by Crippen LogP contribution is 2.22. The highest BCUT2D eigenvalue weighted by molar-refractivity contribution is 5.95. The fraction of sp³-hybridized carbons (Fsp3) is 0.348. The van der Waals surface area contributed by atoms with Crippen molar-refractivity contribution in [2.24, 2.45) is 0 Å². The summed E-state index contributed by atoms with van der Waals surface area (Å²) in [5.74, 6) is -0.428. The van der Waals surface area contributed by atoms with E-state index in [1.165, 1.54) is 16.7 Å². The molecule has 1 aliphatic heterocycles. The minimum absolute atomic E-state index is 0.0438. The van der Waals surface area contributed by atoms with Crippen LogP contribution in [0.2, 0.25) is 0 Å². The molecule has 0 bridgehead atoms. The maximum Gasteiger partial charge on any atom is 0.333 e. The monoisotopic (exact) mass is 439 g/mol.